The van der Waals surface area contributed by atoms with Crippen LogP contribution in [0.2, 0.25) is 0 Å². The summed E-state index contributed by atoms with van der Waals surface area (Å²) in [6.07, 6.45) is 7.34. The average Bonchev–Trinajstić information content (AvgIpc) is 3.13. The molecule has 0 N–H and O–H groups in total. The summed E-state index contributed by atoms with van der Waals surface area (Å²) in [4.78, 5) is 8.73. The molecular weight excluding hydrogens is 278 g/mol. The van der Waals surface area contributed by atoms with Crippen LogP contribution < -0.4 is 0 Å². The van der Waals surface area contributed by atoms with Gasteiger partial charge in [0.25, 0.3) is 0 Å². The van der Waals surface area contributed by atoms with Gasteiger partial charge in [-0.15, -0.1) is 17.8 Å². The van der Waals surface area contributed by atoms with Gasteiger partial charge < -0.3 is 4.57 Å². The monoisotopic (exact) mass is 289 g/mol. The molecule has 0 radical (unpaired) electrons. The third-order valence-corrected chi connectivity index (χ3v) is 4.33. The second-order valence-electron chi connectivity index (χ2n) is 4.87. The second-order valence-corrected chi connectivity index (χ2v) is 5.76. The van der Waals surface area contributed by atoms with Crippen LogP contribution in [0, 0.1) is 12.3 Å². The number of rotatable bonds is 2. The van der Waals surface area contributed by atoms with Crippen molar-refractivity contribution in [1.82, 2.24) is 14.5 Å². The Morgan fingerprint density at radius 1 is 1.10 bits per heavy atom. The fraction of sp³-hybridized carbons (Fsp3) is 0.0588. The van der Waals surface area contributed by atoms with Crippen molar-refractivity contribution in [3.63, 3.8) is 0 Å². The minimum absolute atomic E-state index is 0.776. The first-order valence-corrected chi connectivity index (χ1v) is 7.45. The van der Waals surface area contributed by atoms with Crippen LogP contribution in [0.3, 0.4) is 0 Å². The molecule has 0 bridgehead atoms. The van der Waals surface area contributed by atoms with Gasteiger partial charge in [-0.05, 0) is 35.9 Å². The Morgan fingerprint density at radius 3 is 2.90 bits per heavy atom. The quantitative estimate of drug-likeness (QED) is 0.527. The van der Waals surface area contributed by atoms with Gasteiger partial charge in [-0.25, -0.2) is 9.97 Å². The standard InChI is InChI=1S/C17H11N3S/c1-2-12-3-5-14-16(7-12)20(10-18-14)9-13-4-6-15-17(8-13)21-11-19-15/h1,3-8,10-11H,9H2. The Kier molecular flexibility index (Phi) is 2.73. The predicted octanol–water partition coefficient (Wildman–Crippen LogP) is 3.68. The number of nitrogens with zero attached hydrogens (tertiary/aromatic N) is 3. The van der Waals surface area contributed by atoms with Gasteiger partial charge in [-0.2, -0.15) is 0 Å². The SMILES string of the molecule is C#Cc1ccc2ncn(Cc3ccc4ncsc4c3)c2c1. The molecular formula is C17H11N3S. The first-order valence-electron chi connectivity index (χ1n) is 6.57. The van der Waals surface area contributed by atoms with Crippen molar-refractivity contribution in [3.8, 4) is 12.3 Å². The van der Waals surface area contributed by atoms with Crippen LogP contribution in [0.25, 0.3) is 21.3 Å². The van der Waals surface area contributed by atoms with E-state index in [2.05, 4.69) is 38.7 Å². The van der Waals surface area contributed by atoms with E-state index < -0.39 is 0 Å². The number of hydrogen-bond donors (Lipinski definition) is 0. The molecule has 0 amide bonds. The number of terminal acetylenes is 1. The normalized spacial score (nSPS) is 11.0. The highest BCUT2D eigenvalue weighted by atomic mass is 32.1. The molecule has 0 aliphatic carbocycles. The first-order chi connectivity index (χ1) is 10.3. The molecule has 2 aromatic carbocycles. The maximum Gasteiger partial charge on any atom is 0.0961 e. The zero-order valence-corrected chi connectivity index (χ0v) is 12.0. The maximum absolute atomic E-state index is 5.48. The highest BCUT2D eigenvalue weighted by molar-refractivity contribution is 7.16. The molecule has 21 heavy (non-hydrogen) atoms. The summed E-state index contributed by atoms with van der Waals surface area (Å²) in [6, 6.07) is 12.2. The van der Waals surface area contributed by atoms with E-state index >= 15 is 0 Å². The van der Waals surface area contributed by atoms with Crippen molar-refractivity contribution in [3.05, 3.63) is 59.4 Å². The number of imidazole rings is 1. The van der Waals surface area contributed by atoms with E-state index in [1.807, 2.05) is 30.0 Å². The van der Waals surface area contributed by atoms with Gasteiger partial charge in [0, 0.05) is 12.1 Å². The third-order valence-electron chi connectivity index (χ3n) is 3.54. The van der Waals surface area contributed by atoms with Crippen LogP contribution in [0.5, 0.6) is 0 Å². The largest absolute Gasteiger partial charge is 0.326 e. The summed E-state index contributed by atoms with van der Waals surface area (Å²) in [7, 11) is 0. The summed E-state index contributed by atoms with van der Waals surface area (Å²) in [6.45, 7) is 0.776. The minimum Gasteiger partial charge on any atom is -0.326 e. The lowest BCUT2D eigenvalue weighted by molar-refractivity contribution is 0.826. The zero-order chi connectivity index (χ0) is 14.2. The number of fused-ring (bicyclic) bond motifs is 2. The van der Waals surface area contributed by atoms with Gasteiger partial charge in [-0.3, -0.25) is 0 Å². The molecule has 100 valence electrons. The Hall–Kier alpha value is -2.64. The topological polar surface area (TPSA) is 30.7 Å². The molecule has 0 fully saturated rings. The van der Waals surface area contributed by atoms with E-state index in [0.717, 1.165) is 28.7 Å². The van der Waals surface area contributed by atoms with Gasteiger partial charge in [0.05, 0.1) is 33.1 Å². The summed E-state index contributed by atoms with van der Waals surface area (Å²) < 4.78 is 3.33. The van der Waals surface area contributed by atoms with Crippen molar-refractivity contribution in [2.45, 2.75) is 6.54 Å². The highest BCUT2D eigenvalue weighted by Gasteiger charge is 2.05. The zero-order valence-electron chi connectivity index (χ0n) is 11.2. The molecule has 0 aliphatic heterocycles. The maximum atomic E-state index is 5.48. The highest BCUT2D eigenvalue weighted by Crippen LogP contribution is 2.21. The molecule has 4 heteroatoms. The molecule has 4 aromatic rings. The summed E-state index contributed by atoms with van der Waals surface area (Å²) in [5.74, 6) is 2.67. The third kappa shape index (κ3) is 2.08. The van der Waals surface area contributed by atoms with Crippen LogP contribution in [0.15, 0.2) is 48.2 Å². The van der Waals surface area contributed by atoms with Crippen LogP contribution in [-0.2, 0) is 6.54 Å². The van der Waals surface area contributed by atoms with Crippen LogP contribution in [0.4, 0.5) is 0 Å². The van der Waals surface area contributed by atoms with Crippen molar-refractivity contribution in [2.75, 3.05) is 0 Å². The second kappa shape index (κ2) is 4.72. The fourth-order valence-corrected chi connectivity index (χ4v) is 3.21. The molecule has 0 aliphatic rings. The Labute approximate surface area is 125 Å². The molecule has 0 spiro atoms. The molecule has 3 nitrogen and oxygen atoms in total. The lowest BCUT2D eigenvalue weighted by atomic mass is 10.2. The van der Waals surface area contributed by atoms with Gasteiger partial charge in [0.1, 0.15) is 0 Å². The molecule has 2 aromatic heterocycles. The van der Waals surface area contributed by atoms with Crippen molar-refractivity contribution in [1.29, 1.82) is 0 Å². The Bertz CT molecular complexity index is 988. The van der Waals surface area contributed by atoms with Gasteiger partial charge in [-0.1, -0.05) is 12.0 Å². The summed E-state index contributed by atoms with van der Waals surface area (Å²) in [5.41, 5.74) is 7.07. The van der Waals surface area contributed by atoms with E-state index in [1.165, 1.54) is 10.3 Å². The van der Waals surface area contributed by atoms with Crippen molar-refractivity contribution < 1.29 is 0 Å². The van der Waals surface area contributed by atoms with Crippen molar-refractivity contribution >= 4 is 32.6 Å². The summed E-state index contributed by atoms with van der Waals surface area (Å²) in [5, 5.41) is 0. The van der Waals surface area contributed by atoms with Crippen molar-refractivity contribution in [2.24, 2.45) is 0 Å². The van der Waals surface area contributed by atoms with Gasteiger partial charge >= 0.3 is 0 Å². The van der Waals surface area contributed by atoms with Gasteiger partial charge in [0.2, 0.25) is 0 Å². The number of benzene rings is 2. The molecule has 4 rings (SSSR count). The molecule has 0 saturated heterocycles. The summed E-state index contributed by atoms with van der Waals surface area (Å²) >= 11 is 1.66. The fourth-order valence-electron chi connectivity index (χ4n) is 2.47. The Morgan fingerprint density at radius 2 is 2.00 bits per heavy atom. The average molecular weight is 289 g/mol. The molecule has 0 saturated carbocycles. The van der Waals surface area contributed by atoms with Crippen LogP contribution in [0.1, 0.15) is 11.1 Å². The van der Waals surface area contributed by atoms with E-state index in [1.54, 1.807) is 11.3 Å². The predicted molar refractivity (Wildman–Crippen MR) is 86.4 cm³/mol. The molecule has 2 heterocycles. The number of aromatic nitrogens is 3. The Balaban J connectivity index is 1.77. The molecule has 0 atom stereocenters. The number of hydrogen-bond acceptors (Lipinski definition) is 3. The van der Waals surface area contributed by atoms with E-state index in [4.69, 9.17) is 6.42 Å². The van der Waals surface area contributed by atoms with Crippen LogP contribution >= 0.6 is 11.3 Å². The van der Waals surface area contributed by atoms with E-state index in [9.17, 15) is 0 Å². The van der Waals surface area contributed by atoms with Gasteiger partial charge in [0.15, 0.2) is 0 Å². The molecule has 0 unspecified atom stereocenters. The van der Waals surface area contributed by atoms with E-state index in [0.29, 0.717) is 0 Å². The minimum atomic E-state index is 0.776. The van der Waals surface area contributed by atoms with E-state index in [-0.39, 0.29) is 0 Å². The number of thiazole rings is 1. The smallest absolute Gasteiger partial charge is 0.0961 e. The lowest BCUT2D eigenvalue weighted by Gasteiger charge is -2.05. The van der Waals surface area contributed by atoms with Crippen LogP contribution in [-0.4, -0.2) is 14.5 Å². The lowest BCUT2D eigenvalue weighted by Crippen LogP contribution is -1.97. The first kappa shape index (κ1) is 12.1.